The number of hydrogen-bond acceptors (Lipinski definition) is 6. The Morgan fingerprint density at radius 2 is 1.74 bits per heavy atom. The Morgan fingerprint density at radius 1 is 1.22 bits per heavy atom. The lowest BCUT2D eigenvalue weighted by Crippen LogP contribution is -2.46. The molecule has 0 aliphatic heterocycles. The summed E-state index contributed by atoms with van der Waals surface area (Å²) in [7, 11) is 0. The molecule has 150 valence electrons. The summed E-state index contributed by atoms with van der Waals surface area (Å²) in [6, 6.07) is 3.76. The third-order valence-corrected chi connectivity index (χ3v) is 4.02. The number of carbonyl (C=O) groups excluding carboxylic acids is 2. The van der Waals surface area contributed by atoms with Gasteiger partial charge in [-0.3, -0.25) is 14.9 Å². The van der Waals surface area contributed by atoms with Crippen molar-refractivity contribution < 1.29 is 33.1 Å². The molecule has 1 rings (SSSR count). The van der Waals surface area contributed by atoms with Crippen LogP contribution in [-0.2, 0) is 9.53 Å². The second kappa shape index (κ2) is 9.36. The number of non-ortho nitro benzene ring substituents is 1. The highest BCUT2D eigenvalue weighted by atomic mass is 19.3. The maximum Gasteiger partial charge on any atom is 0.410 e. The molecule has 1 aromatic rings. The molecular formula is C17H22F2N2O6. The number of Topliss-reactive ketones (excluding diaryl/α,β-unsaturated/α-hetero) is 1. The number of ketones is 1. The van der Waals surface area contributed by atoms with E-state index in [0.717, 1.165) is 24.3 Å². The van der Waals surface area contributed by atoms with E-state index in [2.05, 4.69) is 0 Å². The summed E-state index contributed by atoms with van der Waals surface area (Å²) < 4.78 is 33.8. The fourth-order valence-corrected chi connectivity index (χ4v) is 2.34. The molecule has 1 amide bonds. The molecule has 0 saturated carbocycles. The van der Waals surface area contributed by atoms with Crippen LogP contribution in [0.15, 0.2) is 24.3 Å². The van der Waals surface area contributed by atoms with Gasteiger partial charge in [0.05, 0.1) is 4.92 Å². The molecule has 0 spiro atoms. The number of nitro benzene ring substituents is 1. The van der Waals surface area contributed by atoms with Crippen LogP contribution in [0.2, 0.25) is 0 Å². The zero-order valence-electron chi connectivity index (χ0n) is 15.2. The van der Waals surface area contributed by atoms with E-state index in [4.69, 9.17) is 4.74 Å². The summed E-state index contributed by atoms with van der Waals surface area (Å²) in [5, 5.41) is 20.5. The molecule has 0 unspecified atom stereocenters. The molecule has 2 atom stereocenters. The predicted octanol–water partition coefficient (Wildman–Crippen LogP) is 3.09. The third kappa shape index (κ3) is 5.19. The van der Waals surface area contributed by atoms with Crippen LogP contribution in [0.5, 0.6) is 0 Å². The maximum absolute atomic E-state index is 14.5. The number of halogens is 2. The van der Waals surface area contributed by atoms with Crippen LogP contribution in [0, 0.1) is 10.1 Å². The van der Waals surface area contributed by atoms with Gasteiger partial charge in [0, 0.05) is 25.2 Å². The van der Waals surface area contributed by atoms with Crippen LogP contribution >= 0.6 is 0 Å². The van der Waals surface area contributed by atoms with Crippen molar-refractivity contribution in [3.8, 4) is 0 Å². The minimum absolute atomic E-state index is 0.200. The first kappa shape index (κ1) is 22.4. The molecule has 1 aromatic carbocycles. The van der Waals surface area contributed by atoms with E-state index < -0.39 is 34.9 Å². The first-order valence-electron chi connectivity index (χ1n) is 8.40. The van der Waals surface area contributed by atoms with Gasteiger partial charge in [0.2, 0.25) is 5.78 Å². The van der Waals surface area contributed by atoms with E-state index in [0.29, 0.717) is 0 Å². The van der Waals surface area contributed by atoms with Gasteiger partial charge in [-0.05, 0) is 38.0 Å². The van der Waals surface area contributed by atoms with E-state index in [1.807, 2.05) is 0 Å². The minimum Gasteiger partial charge on any atom is -0.438 e. The zero-order chi connectivity index (χ0) is 20.8. The van der Waals surface area contributed by atoms with Crippen LogP contribution in [0.25, 0.3) is 0 Å². The quantitative estimate of drug-likeness (QED) is 0.514. The number of aliphatic hydroxyl groups excluding tert-OH is 1. The smallest absolute Gasteiger partial charge is 0.410 e. The van der Waals surface area contributed by atoms with Crippen molar-refractivity contribution in [2.24, 2.45) is 0 Å². The molecule has 0 heterocycles. The fourth-order valence-electron chi connectivity index (χ4n) is 2.34. The van der Waals surface area contributed by atoms with Crippen molar-refractivity contribution in [3.05, 3.63) is 39.9 Å². The van der Waals surface area contributed by atoms with Crippen LogP contribution in [0.3, 0.4) is 0 Å². The molecule has 0 aliphatic carbocycles. The van der Waals surface area contributed by atoms with E-state index >= 15 is 0 Å². The number of alkyl halides is 2. The van der Waals surface area contributed by atoms with Gasteiger partial charge < -0.3 is 14.7 Å². The van der Waals surface area contributed by atoms with Gasteiger partial charge in [-0.15, -0.1) is 0 Å². The van der Waals surface area contributed by atoms with Crippen LogP contribution in [0.4, 0.5) is 19.3 Å². The molecule has 27 heavy (non-hydrogen) atoms. The van der Waals surface area contributed by atoms with Gasteiger partial charge in [0.1, 0.15) is 0 Å². The van der Waals surface area contributed by atoms with Gasteiger partial charge in [-0.2, -0.15) is 8.78 Å². The zero-order valence-corrected chi connectivity index (χ0v) is 15.2. The number of benzene rings is 1. The average molecular weight is 388 g/mol. The Morgan fingerprint density at radius 3 is 2.15 bits per heavy atom. The summed E-state index contributed by atoms with van der Waals surface area (Å²) in [5.41, 5.74) is -0.718. The summed E-state index contributed by atoms with van der Waals surface area (Å²) in [6.07, 6.45) is -5.37. The van der Waals surface area contributed by atoms with Crippen molar-refractivity contribution >= 4 is 17.6 Å². The number of hydrogen-bond donors (Lipinski definition) is 1. The summed E-state index contributed by atoms with van der Waals surface area (Å²) in [6.45, 7) is 5.29. The van der Waals surface area contributed by atoms with E-state index in [-0.39, 0.29) is 30.8 Å². The summed E-state index contributed by atoms with van der Waals surface area (Å²) >= 11 is 0. The van der Waals surface area contributed by atoms with Crippen molar-refractivity contribution in [1.29, 1.82) is 0 Å². The lowest BCUT2D eigenvalue weighted by atomic mass is 9.96. The molecule has 0 radical (unpaired) electrons. The highest BCUT2D eigenvalue weighted by Gasteiger charge is 2.51. The summed E-state index contributed by atoms with van der Waals surface area (Å²) in [4.78, 5) is 35.2. The van der Waals surface area contributed by atoms with Crippen molar-refractivity contribution in [2.75, 3.05) is 13.1 Å². The Hall–Kier alpha value is -2.62. The normalized spacial score (nSPS) is 13.6. The topological polar surface area (TPSA) is 110 Å². The third-order valence-electron chi connectivity index (χ3n) is 4.02. The molecule has 10 heteroatoms. The average Bonchev–Trinajstić information content (AvgIpc) is 2.65. The van der Waals surface area contributed by atoms with Crippen LogP contribution < -0.4 is 0 Å². The Bertz CT molecular complexity index is 677. The highest BCUT2D eigenvalue weighted by molar-refractivity contribution is 5.92. The number of amides is 1. The standard InChI is InChI=1S/C17H22F2N2O6/c1-4-13(27-16(24)20(5-2)6-3)15(23)17(18,19)14(22)11-7-9-12(10-8-11)21(25)26/h7-10,13-14,22H,4-6H2,1-3H3/t13-,14+/m0/s1. The lowest BCUT2D eigenvalue weighted by Gasteiger charge is -2.27. The molecule has 0 fully saturated rings. The molecular weight excluding hydrogens is 366 g/mol. The first-order chi connectivity index (χ1) is 12.6. The number of nitro groups is 1. The Balaban J connectivity index is 2.99. The second-order valence-corrected chi connectivity index (χ2v) is 5.69. The van der Waals surface area contributed by atoms with Crippen LogP contribution in [0.1, 0.15) is 38.9 Å². The van der Waals surface area contributed by atoms with Gasteiger partial charge >= 0.3 is 12.0 Å². The lowest BCUT2D eigenvalue weighted by molar-refractivity contribution is -0.384. The van der Waals surface area contributed by atoms with Gasteiger partial charge in [-0.25, -0.2) is 4.79 Å². The molecule has 1 N–H and O–H groups in total. The van der Waals surface area contributed by atoms with E-state index in [1.165, 1.54) is 11.8 Å². The Labute approximate surface area is 154 Å². The summed E-state index contributed by atoms with van der Waals surface area (Å²) in [5.74, 6) is -5.99. The van der Waals surface area contributed by atoms with Crippen molar-refractivity contribution in [2.45, 2.75) is 45.3 Å². The van der Waals surface area contributed by atoms with E-state index in [9.17, 15) is 33.6 Å². The highest BCUT2D eigenvalue weighted by Crippen LogP contribution is 2.34. The predicted molar refractivity (Wildman–Crippen MR) is 91.5 cm³/mol. The van der Waals surface area contributed by atoms with Gasteiger partial charge in [0.15, 0.2) is 12.2 Å². The van der Waals surface area contributed by atoms with Gasteiger partial charge in [-0.1, -0.05) is 6.92 Å². The molecule has 0 aliphatic rings. The number of ether oxygens (including phenoxy) is 1. The van der Waals surface area contributed by atoms with Gasteiger partial charge in [0.25, 0.3) is 5.69 Å². The number of aliphatic hydroxyl groups is 1. The Kier molecular flexibility index (Phi) is 7.77. The number of nitrogens with zero attached hydrogens (tertiary/aromatic N) is 2. The van der Waals surface area contributed by atoms with Crippen molar-refractivity contribution in [1.82, 2.24) is 4.90 Å². The largest absolute Gasteiger partial charge is 0.438 e. The van der Waals surface area contributed by atoms with E-state index in [1.54, 1.807) is 13.8 Å². The first-order valence-corrected chi connectivity index (χ1v) is 8.40. The number of rotatable bonds is 9. The molecule has 0 bridgehead atoms. The van der Waals surface area contributed by atoms with Crippen LogP contribution in [-0.4, -0.2) is 51.9 Å². The molecule has 0 saturated heterocycles. The minimum atomic E-state index is -4.25. The molecule has 8 nitrogen and oxygen atoms in total. The van der Waals surface area contributed by atoms with Crippen molar-refractivity contribution in [3.63, 3.8) is 0 Å². The fraction of sp³-hybridized carbons (Fsp3) is 0.529. The SMILES string of the molecule is CC[C@H](OC(=O)N(CC)CC)C(=O)C(F)(F)[C@H](O)c1ccc([N+](=O)[O-])cc1. The number of carbonyl (C=O) groups is 2. The monoisotopic (exact) mass is 388 g/mol. The molecule has 0 aromatic heterocycles. The second-order valence-electron chi connectivity index (χ2n) is 5.69. The maximum atomic E-state index is 14.5.